The predicted molar refractivity (Wildman–Crippen MR) is 51.7 cm³/mol. The molecule has 1 N–H and O–H groups in total. The number of nitrogens with one attached hydrogen (secondary N) is 1. The van der Waals surface area contributed by atoms with Crippen molar-refractivity contribution in [1.29, 1.82) is 0 Å². The summed E-state index contributed by atoms with van der Waals surface area (Å²) >= 11 is 3.78. The summed E-state index contributed by atoms with van der Waals surface area (Å²) in [6.45, 7) is 3.62. The number of thiol groups is 1. The van der Waals surface area contributed by atoms with Crippen LogP contribution in [0.1, 0.15) is 19.9 Å². The summed E-state index contributed by atoms with van der Waals surface area (Å²) in [7, 11) is 0.794. The van der Waals surface area contributed by atoms with Crippen molar-refractivity contribution in [3.8, 4) is 0 Å². The third-order valence-corrected chi connectivity index (χ3v) is 2.35. The van der Waals surface area contributed by atoms with E-state index in [0.29, 0.717) is 0 Å². The van der Waals surface area contributed by atoms with Crippen LogP contribution < -0.4 is 11.4 Å². The summed E-state index contributed by atoms with van der Waals surface area (Å²) in [6, 6.07) is -0.0491. The molecular weight excluding hydrogens is 198 g/mol. The van der Waals surface area contributed by atoms with Crippen molar-refractivity contribution in [2.45, 2.75) is 19.9 Å². The molecule has 1 heterocycles. The second-order valence-corrected chi connectivity index (χ2v) is 3.56. The minimum absolute atomic E-state index is 0.0491. The van der Waals surface area contributed by atoms with Gasteiger partial charge in [-0.1, -0.05) is 11.7 Å². The maximum atomic E-state index is 11.3. The molecule has 0 aliphatic carbocycles. The highest BCUT2D eigenvalue weighted by atomic mass is 33.1. The van der Waals surface area contributed by atoms with Crippen molar-refractivity contribution in [1.82, 2.24) is 13.8 Å². The lowest BCUT2D eigenvalue weighted by molar-refractivity contribution is 0.510. The zero-order valence-electron chi connectivity index (χ0n) is 6.64. The molecule has 0 saturated heterocycles. The number of rotatable bonds is 2. The van der Waals surface area contributed by atoms with Gasteiger partial charge in [0.2, 0.25) is 0 Å². The van der Waals surface area contributed by atoms with Gasteiger partial charge in [0.05, 0.1) is 0 Å². The lowest BCUT2D eigenvalue weighted by Crippen LogP contribution is -2.24. The smallest absolute Gasteiger partial charge is 0.245 e. The Morgan fingerprint density at radius 1 is 1.50 bits per heavy atom. The molecule has 0 spiro atoms. The van der Waals surface area contributed by atoms with E-state index in [2.05, 4.69) is 16.8 Å². The first kappa shape index (κ1) is 9.53. The van der Waals surface area contributed by atoms with E-state index >= 15 is 0 Å². The van der Waals surface area contributed by atoms with E-state index in [1.807, 2.05) is 13.8 Å². The molecule has 0 aliphatic rings. The Bertz CT molecular complexity index is 375. The lowest BCUT2D eigenvalue weighted by atomic mass is 10.4. The van der Waals surface area contributed by atoms with Crippen molar-refractivity contribution >= 4 is 22.6 Å². The standard InChI is InChI=1S/C5H9N3O2S2/c1-3(2)7-5(10)8(12-11)4(9)6-7/h3,11H,1-2H3,(H,6,9). The van der Waals surface area contributed by atoms with Crippen LogP contribution in [-0.2, 0) is 0 Å². The van der Waals surface area contributed by atoms with Crippen LogP contribution in [0, 0.1) is 0 Å². The van der Waals surface area contributed by atoms with Crippen LogP contribution in [0.5, 0.6) is 0 Å². The highest BCUT2D eigenvalue weighted by Crippen LogP contribution is 2.02. The normalized spacial score (nSPS) is 11.0. The fourth-order valence-electron chi connectivity index (χ4n) is 0.803. The van der Waals surface area contributed by atoms with Gasteiger partial charge >= 0.3 is 11.4 Å². The third-order valence-electron chi connectivity index (χ3n) is 1.38. The molecule has 0 radical (unpaired) electrons. The summed E-state index contributed by atoms with van der Waals surface area (Å²) in [4.78, 5) is 22.3. The lowest BCUT2D eigenvalue weighted by Gasteiger charge is -2.01. The molecule has 68 valence electrons. The van der Waals surface area contributed by atoms with Gasteiger partial charge in [-0.2, -0.15) is 3.97 Å². The Labute approximate surface area is 77.7 Å². The molecule has 1 aromatic heterocycles. The largest absolute Gasteiger partial charge is 0.358 e. The number of H-pyrrole nitrogens is 1. The minimum Gasteiger partial charge on any atom is -0.245 e. The predicted octanol–water partition coefficient (Wildman–Crippen LogP) is 0.260. The molecule has 0 atom stereocenters. The molecule has 0 bridgehead atoms. The van der Waals surface area contributed by atoms with Gasteiger partial charge in [-0.25, -0.2) is 19.4 Å². The number of aromatic nitrogens is 3. The van der Waals surface area contributed by atoms with Crippen LogP contribution in [0.25, 0.3) is 0 Å². The van der Waals surface area contributed by atoms with Crippen LogP contribution in [-0.4, -0.2) is 13.8 Å². The fraction of sp³-hybridized carbons (Fsp3) is 0.600. The summed E-state index contributed by atoms with van der Waals surface area (Å²) in [5.41, 5.74) is -0.830. The van der Waals surface area contributed by atoms with E-state index in [-0.39, 0.29) is 11.7 Å². The first-order valence-corrected chi connectivity index (χ1v) is 5.16. The Kier molecular flexibility index (Phi) is 2.73. The highest BCUT2D eigenvalue weighted by molar-refractivity contribution is 8.67. The first-order valence-electron chi connectivity index (χ1n) is 3.33. The van der Waals surface area contributed by atoms with Gasteiger partial charge < -0.3 is 0 Å². The topological polar surface area (TPSA) is 59.8 Å². The summed E-state index contributed by atoms with van der Waals surface area (Å²) in [5.74, 6) is 0. The van der Waals surface area contributed by atoms with Crippen LogP contribution in [0.4, 0.5) is 0 Å². The maximum absolute atomic E-state index is 11.3. The van der Waals surface area contributed by atoms with Crippen molar-refractivity contribution in [3.63, 3.8) is 0 Å². The molecule has 5 nitrogen and oxygen atoms in total. The monoisotopic (exact) mass is 207 g/mol. The van der Waals surface area contributed by atoms with Gasteiger partial charge in [0.15, 0.2) is 0 Å². The number of aromatic amines is 1. The number of hydrogen-bond donors (Lipinski definition) is 2. The summed E-state index contributed by atoms with van der Waals surface area (Å²) in [5, 5.41) is 2.41. The molecule has 0 amide bonds. The Morgan fingerprint density at radius 2 is 2.08 bits per heavy atom. The van der Waals surface area contributed by atoms with Crippen molar-refractivity contribution < 1.29 is 0 Å². The Hall–Kier alpha value is -0.560. The average Bonchev–Trinajstić information content (AvgIpc) is 2.27. The molecule has 0 saturated carbocycles. The second kappa shape index (κ2) is 3.44. The molecular formula is C5H9N3O2S2. The molecule has 0 fully saturated rings. The van der Waals surface area contributed by atoms with Gasteiger partial charge in [-0.15, -0.1) is 0 Å². The van der Waals surface area contributed by atoms with E-state index in [1.54, 1.807) is 0 Å². The highest BCUT2D eigenvalue weighted by Gasteiger charge is 2.09. The average molecular weight is 207 g/mol. The minimum atomic E-state index is -0.450. The summed E-state index contributed by atoms with van der Waals surface area (Å²) in [6.07, 6.45) is 0. The third kappa shape index (κ3) is 1.46. The van der Waals surface area contributed by atoms with Crippen molar-refractivity contribution in [2.75, 3.05) is 0 Å². The zero-order chi connectivity index (χ0) is 9.30. The quantitative estimate of drug-likeness (QED) is 0.540. The molecule has 1 rings (SSSR count). The zero-order valence-corrected chi connectivity index (χ0v) is 8.35. The summed E-state index contributed by atoms with van der Waals surface area (Å²) < 4.78 is 2.20. The van der Waals surface area contributed by atoms with Crippen molar-refractivity contribution in [3.05, 3.63) is 21.0 Å². The van der Waals surface area contributed by atoms with E-state index in [4.69, 9.17) is 0 Å². The molecule has 12 heavy (non-hydrogen) atoms. The van der Waals surface area contributed by atoms with Crippen LogP contribution >= 0.6 is 22.6 Å². The van der Waals surface area contributed by atoms with Crippen LogP contribution in [0.15, 0.2) is 9.59 Å². The molecule has 7 heteroatoms. The van der Waals surface area contributed by atoms with Crippen LogP contribution in [0.2, 0.25) is 0 Å². The molecule has 0 aromatic carbocycles. The second-order valence-electron chi connectivity index (χ2n) is 2.54. The SMILES string of the molecule is CC(C)n1[nH]c(=O)n(SS)c1=O. The van der Waals surface area contributed by atoms with Gasteiger partial charge in [0.25, 0.3) is 0 Å². The molecule has 0 unspecified atom stereocenters. The Morgan fingerprint density at radius 3 is 2.33 bits per heavy atom. The van der Waals surface area contributed by atoms with Gasteiger partial charge in [-0.05, 0) is 13.8 Å². The molecule has 1 aromatic rings. The van der Waals surface area contributed by atoms with E-state index in [1.165, 1.54) is 4.68 Å². The van der Waals surface area contributed by atoms with Gasteiger partial charge in [0, 0.05) is 17.0 Å². The van der Waals surface area contributed by atoms with E-state index < -0.39 is 5.69 Å². The van der Waals surface area contributed by atoms with Gasteiger partial charge in [0.1, 0.15) is 0 Å². The first-order chi connectivity index (χ1) is 5.57. The van der Waals surface area contributed by atoms with E-state index in [9.17, 15) is 9.59 Å². The fourth-order valence-corrected chi connectivity index (χ4v) is 1.51. The number of hydrogen-bond acceptors (Lipinski definition) is 4. The Balaban J connectivity index is 3.37. The van der Waals surface area contributed by atoms with Crippen LogP contribution in [0.3, 0.4) is 0 Å². The maximum Gasteiger partial charge on any atom is 0.358 e. The molecule has 0 aliphatic heterocycles. The van der Waals surface area contributed by atoms with Gasteiger partial charge in [-0.3, -0.25) is 0 Å². The van der Waals surface area contributed by atoms with Crippen molar-refractivity contribution in [2.24, 2.45) is 0 Å². The van der Waals surface area contributed by atoms with E-state index in [0.717, 1.165) is 15.0 Å². The number of nitrogens with zero attached hydrogens (tertiary/aromatic N) is 2.